The molecule has 1 aromatic carbocycles. The van der Waals surface area contributed by atoms with Gasteiger partial charge in [-0.05, 0) is 44.0 Å². The van der Waals surface area contributed by atoms with Crippen LogP contribution in [0.25, 0.3) is 0 Å². The Morgan fingerprint density at radius 1 is 1.44 bits per heavy atom. The van der Waals surface area contributed by atoms with Gasteiger partial charge in [-0.25, -0.2) is 0 Å². The molecule has 0 radical (unpaired) electrons. The van der Waals surface area contributed by atoms with Gasteiger partial charge in [0.15, 0.2) is 11.5 Å². The summed E-state index contributed by atoms with van der Waals surface area (Å²) < 4.78 is 6.03. The van der Waals surface area contributed by atoms with Crippen LogP contribution in [-0.2, 0) is 0 Å². The number of ether oxygens (including phenoxy) is 1. The average Bonchev–Trinajstić information content (AvgIpc) is 2.41. The summed E-state index contributed by atoms with van der Waals surface area (Å²) in [5, 5.41) is 13.5. The number of methoxy groups -OCH3 is 1. The maximum Gasteiger partial charge on any atom is 0.162 e. The Hall–Kier alpha value is -0.780. The van der Waals surface area contributed by atoms with E-state index in [-0.39, 0.29) is 11.8 Å². The molecule has 0 aromatic heterocycles. The number of benzene rings is 1. The van der Waals surface area contributed by atoms with Crippen molar-refractivity contribution in [2.24, 2.45) is 11.7 Å². The molecular formula is C13H19BrN2O2. The van der Waals surface area contributed by atoms with Crippen molar-refractivity contribution >= 4 is 15.9 Å². The summed E-state index contributed by atoms with van der Waals surface area (Å²) in [6.45, 7) is 1.98. The molecule has 4 nitrogen and oxygen atoms in total. The number of nitrogens with one attached hydrogen (secondary N) is 1. The first-order valence-corrected chi connectivity index (χ1v) is 6.95. The van der Waals surface area contributed by atoms with E-state index in [1.165, 1.54) is 0 Å². The Bertz CT molecular complexity index is 420. The van der Waals surface area contributed by atoms with Crippen LogP contribution < -0.4 is 15.8 Å². The third-order valence-electron chi connectivity index (χ3n) is 3.54. The van der Waals surface area contributed by atoms with Crippen molar-refractivity contribution in [3.63, 3.8) is 0 Å². The van der Waals surface area contributed by atoms with Gasteiger partial charge in [-0.15, -0.1) is 0 Å². The molecule has 100 valence electrons. The van der Waals surface area contributed by atoms with Crippen LogP contribution in [0.2, 0.25) is 0 Å². The number of phenolic OH excluding ortho intramolecular Hbond substituents is 1. The largest absolute Gasteiger partial charge is 0.504 e. The number of piperidine rings is 1. The second-order valence-electron chi connectivity index (χ2n) is 4.66. The van der Waals surface area contributed by atoms with Gasteiger partial charge < -0.3 is 20.9 Å². The summed E-state index contributed by atoms with van der Waals surface area (Å²) in [6.07, 6.45) is 2.07. The van der Waals surface area contributed by atoms with Gasteiger partial charge in [0.25, 0.3) is 0 Å². The fourth-order valence-electron chi connectivity index (χ4n) is 2.46. The van der Waals surface area contributed by atoms with Gasteiger partial charge in [0.1, 0.15) is 0 Å². The van der Waals surface area contributed by atoms with Crippen LogP contribution >= 0.6 is 15.9 Å². The lowest BCUT2D eigenvalue weighted by molar-refractivity contribution is 0.311. The monoisotopic (exact) mass is 314 g/mol. The molecule has 2 rings (SSSR count). The van der Waals surface area contributed by atoms with Crippen LogP contribution in [0.1, 0.15) is 24.4 Å². The van der Waals surface area contributed by atoms with Crippen LogP contribution in [0.3, 0.4) is 0 Å². The Balaban J connectivity index is 2.28. The molecule has 4 N–H and O–H groups in total. The van der Waals surface area contributed by atoms with E-state index in [4.69, 9.17) is 10.5 Å². The van der Waals surface area contributed by atoms with Crippen molar-refractivity contribution in [3.8, 4) is 11.5 Å². The lowest BCUT2D eigenvalue weighted by Gasteiger charge is -2.29. The van der Waals surface area contributed by atoms with Crippen LogP contribution in [-0.4, -0.2) is 25.3 Å². The maximum atomic E-state index is 10.2. The number of aromatic hydroxyl groups is 1. The van der Waals surface area contributed by atoms with Gasteiger partial charge in [-0.3, -0.25) is 0 Å². The standard InChI is InChI=1S/C13H19BrN2O2/c1-18-11-7-9(14)6-10(13(11)17)12(15)8-2-4-16-5-3-8/h6-8,12,16-17H,2-5,15H2,1H3/t12-/m1/s1. The molecule has 0 unspecified atom stereocenters. The number of hydrogen-bond acceptors (Lipinski definition) is 4. The zero-order valence-corrected chi connectivity index (χ0v) is 12.0. The van der Waals surface area contributed by atoms with E-state index in [1.54, 1.807) is 13.2 Å². The highest BCUT2D eigenvalue weighted by Crippen LogP contribution is 2.39. The number of halogens is 1. The number of nitrogens with two attached hydrogens (primary N) is 1. The zero-order chi connectivity index (χ0) is 13.1. The molecule has 18 heavy (non-hydrogen) atoms. The van der Waals surface area contributed by atoms with Gasteiger partial charge in [0.05, 0.1) is 7.11 Å². The molecule has 0 aliphatic carbocycles. The summed E-state index contributed by atoms with van der Waals surface area (Å²) >= 11 is 3.42. The second kappa shape index (κ2) is 5.91. The number of phenols is 1. The third kappa shape index (κ3) is 2.79. The highest BCUT2D eigenvalue weighted by molar-refractivity contribution is 9.10. The van der Waals surface area contributed by atoms with E-state index in [0.717, 1.165) is 36.0 Å². The molecule has 0 spiro atoms. The van der Waals surface area contributed by atoms with Crippen LogP contribution in [0.4, 0.5) is 0 Å². The summed E-state index contributed by atoms with van der Waals surface area (Å²) in [5.74, 6) is 1.02. The molecule has 1 fully saturated rings. The first kappa shape index (κ1) is 13.6. The molecule has 1 aliphatic rings. The Morgan fingerprint density at radius 2 is 2.11 bits per heavy atom. The van der Waals surface area contributed by atoms with Gasteiger partial charge >= 0.3 is 0 Å². The Kier molecular flexibility index (Phi) is 4.48. The quantitative estimate of drug-likeness (QED) is 0.800. The molecule has 1 atom stereocenters. The fraction of sp³-hybridized carbons (Fsp3) is 0.538. The lowest BCUT2D eigenvalue weighted by atomic mass is 9.86. The summed E-state index contributed by atoms with van der Waals surface area (Å²) in [5.41, 5.74) is 7.06. The summed E-state index contributed by atoms with van der Waals surface area (Å²) in [6, 6.07) is 3.47. The van der Waals surface area contributed by atoms with Gasteiger partial charge in [0, 0.05) is 16.1 Å². The maximum absolute atomic E-state index is 10.2. The van der Waals surface area contributed by atoms with E-state index >= 15 is 0 Å². The minimum absolute atomic E-state index is 0.154. The predicted octanol–water partition coefficient (Wildman–Crippen LogP) is 2.16. The van der Waals surface area contributed by atoms with E-state index in [1.807, 2.05) is 6.07 Å². The molecular weight excluding hydrogens is 296 g/mol. The van der Waals surface area contributed by atoms with E-state index in [9.17, 15) is 5.11 Å². The van der Waals surface area contributed by atoms with Gasteiger partial charge in [-0.2, -0.15) is 0 Å². The van der Waals surface area contributed by atoms with E-state index in [0.29, 0.717) is 11.7 Å². The number of hydrogen-bond donors (Lipinski definition) is 3. The van der Waals surface area contributed by atoms with Crippen molar-refractivity contribution in [2.75, 3.05) is 20.2 Å². The molecule has 1 aliphatic heterocycles. The van der Waals surface area contributed by atoms with Crippen molar-refractivity contribution < 1.29 is 9.84 Å². The molecule has 0 bridgehead atoms. The van der Waals surface area contributed by atoms with Crippen molar-refractivity contribution in [1.82, 2.24) is 5.32 Å². The molecule has 5 heteroatoms. The Labute approximate surface area is 116 Å². The SMILES string of the molecule is COc1cc(Br)cc([C@H](N)C2CCNCC2)c1O. The molecule has 1 heterocycles. The smallest absolute Gasteiger partial charge is 0.162 e. The molecule has 0 saturated carbocycles. The molecule has 1 aromatic rings. The van der Waals surface area contributed by atoms with Crippen LogP contribution in [0, 0.1) is 5.92 Å². The third-order valence-corrected chi connectivity index (χ3v) is 4.00. The fourth-order valence-corrected chi connectivity index (χ4v) is 2.92. The van der Waals surface area contributed by atoms with Crippen LogP contribution in [0.15, 0.2) is 16.6 Å². The van der Waals surface area contributed by atoms with Gasteiger partial charge in [-0.1, -0.05) is 15.9 Å². The minimum Gasteiger partial charge on any atom is -0.504 e. The Morgan fingerprint density at radius 3 is 2.72 bits per heavy atom. The van der Waals surface area contributed by atoms with Crippen molar-refractivity contribution in [3.05, 3.63) is 22.2 Å². The number of rotatable bonds is 3. The first-order chi connectivity index (χ1) is 8.63. The van der Waals surface area contributed by atoms with E-state index in [2.05, 4.69) is 21.2 Å². The lowest BCUT2D eigenvalue weighted by Crippen LogP contribution is -2.33. The van der Waals surface area contributed by atoms with Gasteiger partial charge in [0.2, 0.25) is 0 Å². The molecule has 1 saturated heterocycles. The highest BCUT2D eigenvalue weighted by Gasteiger charge is 2.25. The van der Waals surface area contributed by atoms with E-state index < -0.39 is 0 Å². The average molecular weight is 315 g/mol. The summed E-state index contributed by atoms with van der Waals surface area (Å²) in [7, 11) is 1.54. The van der Waals surface area contributed by atoms with Crippen LogP contribution in [0.5, 0.6) is 11.5 Å². The minimum atomic E-state index is -0.154. The van der Waals surface area contributed by atoms with Crippen molar-refractivity contribution in [2.45, 2.75) is 18.9 Å². The topological polar surface area (TPSA) is 67.5 Å². The highest BCUT2D eigenvalue weighted by atomic mass is 79.9. The second-order valence-corrected chi connectivity index (χ2v) is 5.57. The molecule has 0 amide bonds. The summed E-state index contributed by atoms with van der Waals surface area (Å²) in [4.78, 5) is 0. The first-order valence-electron chi connectivity index (χ1n) is 6.16. The normalized spacial score (nSPS) is 18.6. The predicted molar refractivity (Wildman–Crippen MR) is 74.9 cm³/mol. The van der Waals surface area contributed by atoms with Crippen molar-refractivity contribution in [1.29, 1.82) is 0 Å². The zero-order valence-electron chi connectivity index (χ0n) is 10.4.